The zero-order chi connectivity index (χ0) is 8.28. The van der Waals surface area contributed by atoms with Gasteiger partial charge < -0.3 is 0 Å². The van der Waals surface area contributed by atoms with Gasteiger partial charge in [0, 0.05) is 9.85 Å². The van der Waals surface area contributed by atoms with Gasteiger partial charge in [-0.25, -0.2) is 0 Å². The molecule has 6 nitrogen and oxygen atoms in total. The average molecular weight is 158 g/mol. The molecular weight excluding hydrogens is 152 g/mol. The van der Waals surface area contributed by atoms with Gasteiger partial charge in [-0.1, -0.05) is 0 Å². The molecule has 0 radical (unpaired) electrons. The summed E-state index contributed by atoms with van der Waals surface area (Å²) in [6.07, 6.45) is 0.417. The molecule has 0 amide bonds. The molecule has 3 aliphatic rings. The molecule has 0 aromatic heterocycles. The first-order chi connectivity index (χ1) is 5.01. The molecule has 0 atom stereocenters. The van der Waals surface area contributed by atoms with E-state index in [0.717, 1.165) is 0 Å². The van der Waals surface area contributed by atoms with E-state index in [-0.39, 0.29) is 29.1 Å². The quantitative estimate of drug-likeness (QED) is 0.424. The molecule has 3 rings (SSSR count). The highest BCUT2D eigenvalue weighted by Crippen LogP contribution is 2.63. The zero-order valence-corrected chi connectivity index (χ0v) is 5.65. The first kappa shape index (κ1) is 6.51. The fourth-order valence-corrected chi connectivity index (χ4v) is 2.07. The molecule has 3 fully saturated rings. The summed E-state index contributed by atoms with van der Waals surface area (Å²) in [7, 11) is 0. The molecule has 60 valence electrons. The molecule has 3 saturated carbocycles. The highest BCUT2D eigenvalue weighted by molar-refractivity contribution is 5.20. The highest BCUT2D eigenvalue weighted by atomic mass is 16.6. The third-order valence-corrected chi connectivity index (χ3v) is 2.75. The molecule has 0 aromatic rings. The lowest BCUT2D eigenvalue weighted by Gasteiger charge is -2.55. The van der Waals surface area contributed by atoms with E-state index in [4.69, 9.17) is 0 Å². The molecule has 0 heterocycles. The summed E-state index contributed by atoms with van der Waals surface area (Å²) in [4.78, 5) is 19.8. The number of nitro groups is 2. The monoisotopic (exact) mass is 158 g/mol. The summed E-state index contributed by atoms with van der Waals surface area (Å²) >= 11 is 0. The van der Waals surface area contributed by atoms with Crippen LogP contribution in [0, 0.1) is 20.2 Å². The van der Waals surface area contributed by atoms with Crippen LogP contribution in [0.25, 0.3) is 0 Å². The van der Waals surface area contributed by atoms with Gasteiger partial charge in [0.25, 0.3) is 0 Å². The Bertz CT molecular complexity index is 217. The SMILES string of the molecule is O=[N+]([O-])C12CC([N+](=O)[O-])(C1)C2. The van der Waals surface area contributed by atoms with Crippen molar-refractivity contribution in [3.63, 3.8) is 0 Å². The molecule has 2 bridgehead atoms. The summed E-state index contributed by atoms with van der Waals surface area (Å²) in [5, 5.41) is 20.6. The van der Waals surface area contributed by atoms with E-state index in [1.807, 2.05) is 0 Å². The minimum atomic E-state index is -0.910. The van der Waals surface area contributed by atoms with Crippen LogP contribution in [0.1, 0.15) is 19.3 Å². The van der Waals surface area contributed by atoms with Crippen molar-refractivity contribution in [3.8, 4) is 0 Å². The Labute approximate surface area is 61.5 Å². The highest BCUT2D eigenvalue weighted by Gasteiger charge is 2.85. The van der Waals surface area contributed by atoms with Crippen molar-refractivity contribution >= 4 is 0 Å². The normalized spacial score (nSPS) is 45.5. The molecule has 0 unspecified atom stereocenters. The van der Waals surface area contributed by atoms with Crippen molar-refractivity contribution in [1.82, 2.24) is 0 Å². The molecule has 11 heavy (non-hydrogen) atoms. The molecule has 0 N–H and O–H groups in total. The van der Waals surface area contributed by atoms with E-state index < -0.39 is 11.1 Å². The maximum Gasteiger partial charge on any atom is 0.242 e. The van der Waals surface area contributed by atoms with Crippen molar-refractivity contribution < 1.29 is 9.85 Å². The van der Waals surface area contributed by atoms with Crippen molar-refractivity contribution in [2.45, 2.75) is 30.3 Å². The van der Waals surface area contributed by atoms with Crippen LogP contribution in [-0.4, -0.2) is 20.9 Å². The standard InChI is InChI=1S/C5H6N2O4/c8-6(9)4-1-5(2-4,3-4)7(10)11/h1-3H2. The van der Waals surface area contributed by atoms with Gasteiger partial charge in [-0.2, -0.15) is 0 Å². The third-order valence-electron chi connectivity index (χ3n) is 2.75. The zero-order valence-electron chi connectivity index (χ0n) is 5.65. The summed E-state index contributed by atoms with van der Waals surface area (Å²) in [5.41, 5.74) is -1.82. The maximum atomic E-state index is 10.3. The molecule has 0 aromatic carbocycles. The fraction of sp³-hybridized carbons (Fsp3) is 1.00. The molecule has 6 heteroatoms. The Kier molecular flexibility index (Phi) is 0.808. The maximum absolute atomic E-state index is 10.3. The van der Waals surface area contributed by atoms with Crippen LogP contribution in [-0.2, 0) is 0 Å². The van der Waals surface area contributed by atoms with Crippen LogP contribution >= 0.6 is 0 Å². The Balaban J connectivity index is 2.10. The van der Waals surface area contributed by atoms with E-state index in [1.165, 1.54) is 0 Å². The second-order valence-corrected chi connectivity index (χ2v) is 3.49. The van der Waals surface area contributed by atoms with E-state index in [2.05, 4.69) is 0 Å². The van der Waals surface area contributed by atoms with E-state index in [9.17, 15) is 20.2 Å². The second-order valence-electron chi connectivity index (χ2n) is 3.49. The van der Waals surface area contributed by atoms with Crippen LogP contribution < -0.4 is 0 Å². The van der Waals surface area contributed by atoms with Gasteiger partial charge in [0.15, 0.2) is 0 Å². The largest absolute Gasteiger partial charge is 0.264 e. The summed E-state index contributed by atoms with van der Waals surface area (Å²) in [5.74, 6) is 0. The number of rotatable bonds is 2. The fourth-order valence-electron chi connectivity index (χ4n) is 2.07. The van der Waals surface area contributed by atoms with E-state index in [0.29, 0.717) is 0 Å². The van der Waals surface area contributed by atoms with Gasteiger partial charge in [-0.3, -0.25) is 20.2 Å². The molecule has 0 saturated heterocycles. The summed E-state index contributed by atoms with van der Waals surface area (Å²) in [6, 6.07) is 0. The van der Waals surface area contributed by atoms with Gasteiger partial charge >= 0.3 is 0 Å². The minimum absolute atomic E-state index is 0.139. The molecule has 0 aliphatic heterocycles. The van der Waals surface area contributed by atoms with Gasteiger partial charge in [0.05, 0.1) is 19.3 Å². The first-order valence-electron chi connectivity index (χ1n) is 3.30. The van der Waals surface area contributed by atoms with Gasteiger partial charge in [-0.05, 0) is 0 Å². The minimum Gasteiger partial charge on any atom is -0.264 e. The van der Waals surface area contributed by atoms with Crippen molar-refractivity contribution in [2.75, 3.05) is 0 Å². The van der Waals surface area contributed by atoms with Crippen molar-refractivity contribution in [3.05, 3.63) is 20.2 Å². The van der Waals surface area contributed by atoms with Gasteiger partial charge in [-0.15, -0.1) is 0 Å². The van der Waals surface area contributed by atoms with Crippen LogP contribution in [0.2, 0.25) is 0 Å². The third kappa shape index (κ3) is 0.491. The molecule has 3 aliphatic carbocycles. The number of hydrogen-bond acceptors (Lipinski definition) is 4. The van der Waals surface area contributed by atoms with Gasteiger partial charge in [0.2, 0.25) is 11.1 Å². The topological polar surface area (TPSA) is 86.3 Å². The van der Waals surface area contributed by atoms with Crippen molar-refractivity contribution in [1.29, 1.82) is 0 Å². The average Bonchev–Trinajstić information content (AvgIpc) is 1.51. The van der Waals surface area contributed by atoms with Crippen LogP contribution in [0.4, 0.5) is 0 Å². The van der Waals surface area contributed by atoms with Crippen LogP contribution in [0.15, 0.2) is 0 Å². The predicted octanol–water partition coefficient (Wildman–Crippen LogP) is 0.215. The van der Waals surface area contributed by atoms with Crippen molar-refractivity contribution in [2.24, 2.45) is 0 Å². The lowest BCUT2D eigenvalue weighted by molar-refractivity contribution is -0.728. The summed E-state index contributed by atoms with van der Waals surface area (Å²) in [6.45, 7) is 0. The summed E-state index contributed by atoms with van der Waals surface area (Å²) < 4.78 is 0. The van der Waals surface area contributed by atoms with Crippen LogP contribution in [0.3, 0.4) is 0 Å². The Morgan fingerprint density at radius 1 is 0.909 bits per heavy atom. The Hall–Kier alpha value is -1.20. The second kappa shape index (κ2) is 1.37. The lowest BCUT2D eigenvalue weighted by Crippen LogP contribution is -2.78. The molecular formula is C5H6N2O4. The lowest BCUT2D eigenvalue weighted by atomic mass is 9.45. The first-order valence-corrected chi connectivity index (χ1v) is 3.30. The predicted molar refractivity (Wildman–Crippen MR) is 33.3 cm³/mol. The number of hydrogen-bond donors (Lipinski definition) is 0. The Morgan fingerprint density at radius 2 is 1.18 bits per heavy atom. The van der Waals surface area contributed by atoms with Crippen LogP contribution in [0.5, 0.6) is 0 Å². The Morgan fingerprint density at radius 3 is 1.36 bits per heavy atom. The molecule has 0 spiro atoms. The van der Waals surface area contributed by atoms with E-state index >= 15 is 0 Å². The number of nitrogens with zero attached hydrogens (tertiary/aromatic N) is 2. The van der Waals surface area contributed by atoms with Gasteiger partial charge in [0.1, 0.15) is 0 Å². The smallest absolute Gasteiger partial charge is 0.242 e. The van der Waals surface area contributed by atoms with E-state index in [1.54, 1.807) is 0 Å².